The third-order valence-electron chi connectivity index (χ3n) is 5.22. The van der Waals surface area contributed by atoms with Gasteiger partial charge in [-0.3, -0.25) is 14.6 Å². The summed E-state index contributed by atoms with van der Waals surface area (Å²) in [5.74, 6) is 1.17. The van der Waals surface area contributed by atoms with Gasteiger partial charge in [-0.2, -0.15) is 0 Å². The summed E-state index contributed by atoms with van der Waals surface area (Å²) < 4.78 is 0. The van der Waals surface area contributed by atoms with Crippen molar-refractivity contribution in [2.45, 2.75) is 57.5 Å². The first-order valence-corrected chi connectivity index (χ1v) is 8.67. The van der Waals surface area contributed by atoms with E-state index in [4.69, 9.17) is 0 Å². The average molecular weight is 315 g/mol. The molecule has 4 unspecified atom stereocenters. The van der Waals surface area contributed by atoms with E-state index in [0.29, 0.717) is 23.8 Å². The third kappa shape index (κ3) is 3.71. The number of amides is 2. The molecule has 0 bridgehead atoms. The van der Waals surface area contributed by atoms with Crippen LogP contribution in [0.2, 0.25) is 0 Å². The molecule has 2 fully saturated rings. The lowest BCUT2D eigenvalue weighted by Crippen LogP contribution is -2.55. The highest BCUT2D eigenvalue weighted by molar-refractivity contribution is 5.94. The zero-order chi connectivity index (χ0) is 16.2. The lowest BCUT2D eigenvalue weighted by Gasteiger charge is -2.44. The fraction of sp³-hybridized carbons (Fsp3) is 0.611. The van der Waals surface area contributed by atoms with Crippen molar-refractivity contribution in [1.82, 2.24) is 15.6 Å². The minimum Gasteiger partial charge on any atom is -0.353 e. The fourth-order valence-electron chi connectivity index (χ4n) is 4.16. The lowest BCUT2D eigenvalue weighted by molar-refractivity contribution is -0.127. The monoisotopic (exact) mass is 315 g/mol. The van der Waals surface area contributed by atoms with Gasteiger partial charge in [-0.15, -0.1) is 0 Å². The molecule has 1 aliphatic heterocycles. The number of rotatable bonds is 4. The Morgan fingerprint density at radius 3 is 3.04 bits per heavy atom. The Labute approximate surface area is 137 Å². The molecule has 1 saturated carbocycles. The second-order valence-corrected chi connectivity index (χ2v) is 6.82. The highest BCUT2D eigenvalue weighted by Gasteiger charge is 2.40. The van der Waals surface area contributed by atoms with Crippen LogP contribution in [0.25, 0.3) is 0 Å². The van der Waals surface area contributed by atoms with Crippen LogP contribution in [0.15, 0.2) is 24.5 Å². The van der Waals surface area contributed by atoms with Gasteiger partial charge in [-0.25, -0.2) is 0 Å². The van der Waals surface area contributed by atoms with Gasteiger partial charge in [0.05, 0.1) is 5.56 Å². The van der Waals surface area contributed by atoms with Crippen molar-refractivity contribution in [2.24, 2.45) is 11.8 Å². The minimum absolute atomic E-state index is 0.0752. The summed E-state index contributed by atoms with van der Waals surface area (Å²) in [6.45, 7) is 2.18. The van der Waals surface area contributed by atoms with E-state index in [1.807, 2.05) is 0 Å². The number of nitrogens with zero attached hydrogens (tertiary/aromatic N) is 1. The van der Waals surface area contributed by atoms with Crippen LogP contribution >= 0.6 is 0 Å². The first-order chi connectivity index (χ1) is 11.2. The van der Waals surface area contributed by atoms with Gasteiger partial charge < -0.3 is 10.6 Å². The second kappa shape index (κ2) is 7.11. The van der Waals surface area contributed by atoms with E-state index < -0.39 is 0 Å². The number of carbonyl (C=O) groups excluding carboxylic acids is 2. The Morgan fingerprint density at radius 1 is 1.43 bits per heavy atom. The van der Waals surface area contributed by atoms with Crippen molar-refractivity contribution in [3.63, 3.8) is 0 Å². The zero-order valence-corrected chi connectivity index (χ0v) is 13.6. The maximum absolute atomic E-state index is 12.3. The van der Waals surface area contributed by atoms with Gasteiger partial charge in [0.2, 0.25) is 5.91 Å². The molecule has 4 atom stereocenters. The van der Waals surface area contributed by atoms with Crippen LogP contribution in [0.4, 0.5) is 0 Å². The summed E-state index contributed by atoms with van der Waals surface area (Å²) in [7, 11) is 0. The van der Waals surface area contributed by atoms with Crippen molar-refractivity contribution in [1.29, 1.82) is 0 Å². The fourth-order valence-corrected chi connectivity index (χ4v) is 4.16. The largest absolute Gasteiger partial charge is 0.353 e. The Morgan fingerprint density at radius 2 is 2.30 bits per heavy atom. The molecule has 2 heterocycles. The number of hydrogen-bond acceptors (Lipinski definition) is 3. The van der Waals surface area contributed by atoms with Crippen molar-refractivity contribution < 1.29 is 9.59 Å². The van der Waals surface area contributed by atoms with E-state index in [2.05, 4.69) is 22.5 Å². The number of nitrogens with one attached hydrogen (secondary N) is 2. The first-order valence-electron chi connectivity index (χ1n) is 8.67. The summed E-state index contributed by atoms with van der Waals surface area (Å²) in [4.78, 5) is 28.2. The summed E-state index contributed by atoms with van der Waals surface area (Å²) in [5, 5.41) is 6.25. The van der Waals surface area contributed by atoms with Crippen LogP contribution in [0.5, 0.6) is 0 Å². The highest BCUT2D eigenvalue weighted by atomic mass is 16.2. The molecule has 1 aromatic rings. The Hall–Kier alpha value is -1.91. The molecular formula is C18H25N3O2. The number of piperidine rings is 1. The van der Waals surface area contributed by atoms with Gasteiger partial charge in [0.25, 0.3) is 5.91 Å². The van der Waals surface area contributed by atoms with E-state index in [9.17, 15) is 9.59 Å². The average Bonchev–Trinajstić information content (AvgIpc) is 2.55. The van der Waals surface area contributed by atoms with Crippen LogP contribution in [-0.2, 0) is 4.79 Å². The normalized spacial score (nSPS) is 30.2. The molecular weight excluding hydrogens is 290 g/mol. The van der Waals surface area contributed by atoms with Crippen LogP contribution in [0, 0.1) is 11.8 Å². The smallest absolute Gasteiger partial charge is 0.253 e. The van der Waals surface area contributed by atoms with E-state index in [0.717, 1.165) is 32.1 Å². The van der Waals surface area contributed by atoms with Gasteiger partial charge in [0.15, 0.2) is 0 Å². The zero-order valence-electron chi connectivity index (χ0n) is 13.6. The molecule has 0 radical (unpaired) electrons. The molecule has 2 amide bonds. The molecule has 2 aliphatic rings. The number of hydrogen-bond donors (Lipinski definition) is 2. The van der Waals surface area contributed by atoms with E-state index >= 15 is 0 Å². The van der Waals surface area contributed by atoms with E-state index in [1.54, 1.807) is 24.5 Å². The molecule has 124 valence electrons. The van der Waals surface area contributed by atoms with E-state index in [1.165, 1.54) is 0 Å². The Bertz CT molecular complexity index is 561. The van der Waals surface area contributed by atoms with Crippen LogP contribution in [-0.4, -0.2) is 28.9 Å². The second-order valence-electron chi connectivity index (χ2n) is 6.82. The highest BCUT2D eigenvalue weighted by Crippen LogP contribution is 2.37. The molecule has 1 saturated heterocycles. The maximum atomic E-state index is 12.3. The molecule has 0 aromatic carbocycles. The molecule has 1 aromatic heterocycles. The minimum atomic E-state index is -0.0752. The number of carbonyl (C=O) groups is 2. The standard InChI is InChI=1S/C18H25N3O2/c1-2-4-12-9-17(22)21-16-10-14(6-7-15(12)16)20-18(23)13-5-3-8-19-11-13/h3,5,8,11-12,14-16H,2,4,6-7,9-10H2,1H3,(H,20,23)(H,21,22). The summed E-state index contributed by atoms with van der Waals surface area (Å²) in [6, 6.07) is 3.88. The number of pyridine rings is 1. The molecule has 0 spiro atoms. The maximum Gasteiger partial charge on any atom is 0.253 e. The van der Waals surface area contributed by atoms with E-state index in [-0.39, 0.29) is 23.9 Å². The van der Waals surface area contributed by atoms with Crippen molar-refractivity contribution in [2.75, 3.05) is 0 Å². The summed E-state index contributed by atoms with van der Waals surface area (Å²) >= 11 is 0. The predicted molar refractivity (Wildman–Crippen MR) is 87.8 cm³/mol. The molecule has 3 rings (SSSR count). The van der Waals surface area contributed by atoms with Gasteiger partial charge in [-0.05, 0) is 49.7 Å². The number of aromatic nitrogens is 1. The SMILES string of the molecule is CCCC1CC(=O)NC2CC(NC(=O)c3cccnc3)CCC12. The van der Waals surface area contributed by atoms with Crippen LogP contribution < -0.4 is 10.6 Å². The van der Waals surface area contributed by atoms with Crippen molar-refractivity contribution >= 4 is 11.8 Å². The Kier molecular flexibility index (Phi) is 4.94. The predicted octanol–water partition coefficient (Wildman–Crippen LogP) is 2.28. The van der Waals surface area contributed by atoms with Gasteiger partial charge in [0, 0.05) is 30.9 Å². The van der Waals surface area contributed by atoms with Crippen molar-refractivity contribution in [3.8, 4) is 0 Å². The lowest BCUT2D eigenvalue weighted by atomic mass is 9.70. The molecule has 23 heavy (non-hydrogen) atoms. The van der Waals surface area contributed by atoms with Gasteiger partial charge in [0.1, 0.15) is 0 Å². The third-order valence-corrected chi connectivity index (χ3v) is 5.22. The molecule has 5 heteroatoms. The van der Waals surface area contributed by atoms with Gasteiger partial charge in [-0.1, -0.05) is 13.3 Å². The van der Waals surface area contributed by atoms with Crippen LogP contribution in [0.1, 0.15) is 55.8 Å². The topological polar surface area (TPSA) is 71.1 Å². The summed E-state index contributed by atoms with van der Waals surface area (Å²) in [6.07, 6.45) is 9.07. The van der Waals surface area contributed by atoms with Crippen molar-refractivity contribution in [3.05, 3.63) is 30.1 Å². The molecule has 2 N–H and O–H groups in total. The summed E-state index contributed by atoms with van der Waals surface area (Å²) in [5.41, 5.74) is 0.589. The van der Waals surface area contributed by atoms with Crippen LogP contribution in [0.3, 0.4) is 0 Å². The Balaban J connectivity index is 1.61. The van der Waals surface area contributed by atoms with Gasteiger partial charge >= 0.3 is 0 Å². The first kappa shape index (κ1) is 16.0. The number of fused-ring (bicyclic) bond motifs is 1. The molecule has 1 aliphatic carbocycles. The quantitative estimate of drug-likeness (QED) is 0.895. The molecule has 5 nitrogen and oxygen atoms in total.